The van der Waals surface area contributed by atoms with Gasteiger partial charge in [-0.25, -0.2) is 0 Å². The Balaban J connectivity index is 2.82. The fraction of sp³-hybridized carbons (Fsp3) is 0.769. The van der Waals surface area contributed by atoms with Gasteiger partial charge in [-0.05, 0) is 64.2 Å². The average molecular weight is 890 g/mol. The molecule has 0 bridgehead atoms. The lowest BCUT2D eigenvalue weighted by Gasteiger charge is -2.41. The number of hydrogen-bond donors (Lipinski definition) is 6. The second-order valence-corrected chi connectivity index (χ2v) is 17.2. The van der Waals surface area contributed by atoms with E-state index in [1.807, 2.05) is 24.3 Å². The minimum atomic E-state index is -1.62. The molecule has 1 saturated heterocycles. The van der Waals surface area contributed by atoms with Crippen LogP contribution in [0, 0.1) is 0 Å². The molecule has 63 heavy (non-hydrogen) atoms. The van der Waals surface area contributed by atoms with Crippen molar-refractivity contribution in [1.82, 2.24) is 5.32 Å². The Bertz CT molecular complexity index is 1250. The third-order valence-electron chi connectivity index (χ3n) is 11.5. The van der Waals surface area contributed by atoms with Gasteiger partial charge in [0.1, 0.15) is 24.4 Å². The molecule has 1 fully saturated rings. The van der Waals surface area contributed by atoms with Crippen LogP contribution in [0.25, 0.3) is 0 Å². The monoisotopic (exact) mass is 890 g/mol. The van der Waals surface area contributed by atoms with Gasteiger partial charge < -0.3 is 45.1 Å². The third kappa shape index (κ3) is 30.2. The van der Waals surface area contributed by atoms with E-state index in [2.05, 4.69) is 56.5 Å². The molecule has 1 aliphatic rings. The number of nitrogens with one attached hydrogen (secondary N) is 1. The quantitative estimate of drug-likeness (QED) is 0.0150. The van der Waals surface area contributed by atoms with Crippen LogP contribution in [0.5, 0.6) is 0 Å². The lowest BCUT2D eigenvalue weighted by atomic mass is 9.99. The number of aliphatic hydroxyl groups is 5. The number of aliphatic hydroxyl groups excluding tert-OH is 5. The first-order valence-electron chi connectivity index (χ1n) is 25.1. The maximum atomic E-state index is 13.3. The van der Waals surface area contributed by atoms with Crippen molar-refractivity contribution < 1.29 is 49.3 Å². The largest absolute Gasteiger partial charge is 0.454 e. The van der Waals surface area contributed by atoms with E-state index >= 15 is 0 Å². The van der Waals surface area contributed by atoms with Crippen LogP contribution in [-0.4, -0.2) is 99.6 Å². The van der Waals surface area contributed by atoms with Crippen molar-refractivity contribution in [3.05, 3.63) is 60.8 Å². The molecule has 0 saturated carbocycles. The van der Waals surface area contributed by atoms with Crippen LogP contribution in [-0.2, 0) is 23.8 Å². The normalized spacial score (nSPS) is 21.0. The number of carbonyl (C=O) groups is 2. The fourth-order valence-corrected chi connectivity index (χ4v) is 7.39. The summed E-state index contributed by atoms with van der Waals surface area (Å²) >= 11 is 0. The fourth-order valence-electron chi connectivity index (χ4n) is 7.39. The maximum Gasteiger partial charge on any atom is 0.306 e. The number of unbranched alkanes of at least 4 members (excludes halogenated alkanes) is 20. The highest BCUT2D eigenvalue weighted by Crippen LogP contribution is 2.26. The topological polar surface area (TPSA) is 175 Å². The van der Waals surface area contributed by atoms with Crippen LogP contribution in [0.3, 0.4) is 0 Å². The molecular formula is C52H91NO10. The average Bonchev–Trinajstić information content (AvgIpc) is 3.28. The second-order valence-electron chi connectivity index (χ2n) is 17.2. The first-order valence-corrected chi connectivity index (χ1v) is 25.1. The second kappa shape index (κ2) is 40.8. The molecular weight excluding hydrogens is 799 g/mol. The van der Waals surface area contributed by atoms with Crippen molar-refractivity contribution in [3.63, 3.8) is 0 Å². The molecule has 11 heteroatoms. The molecule has 8 unspecified atom stereocenters. The Morgan fingerprint density at radius 3 is 1.79 bits per heavy atom. The van der Waals surface area contributed by atoms with Gasteiger partial charge >= 0.3 is 5.97 Å². The standard InChI is InChI=1S/C52H91NO10/c1-4-7-10-13-16-19-22-23-25-28-31-34-37-40-47(57)63-50-49(59)48(58)46(41-54)62-52(50)61-42-43(44(55)38-35-32-29-27-24-20-17-14-11-8-5-2)53-51(60)45(56)39-36-33-30-26-21-18-15-12-9-6-3/h7,10,13,15-16,18-19,22,35,38,43-46,48-50,52,54-56,58-59H,4-6,8-9,11-12,14,17,20-21,23-34,36-37,39-42H2,1-3H3,(H,53,60)/b10-7+,16-13+,18-15-,22-19-,38-35+. The highest BCUT2D eigenvalue weighted by molar-refractivity contribution is 5.80. The van der Waals surface area contributed by atoms with Crippen molar-refractivity contribution in [2.75, 3.05) is 13.2 Å². The van der Waals surface area contributed by atoms with E-state index in [1.54, 1.807) is 6.08 Å². The SMILES string of the molecule is CC/C=C/C=C/C=C\CCCCCCCC(=O)OC1C(OCC(NC(=O)C(O)CCCCCC/C=C\CCCC)C(O)/C=C/CCCCCCCCCCC)OC(CO)C(O)C1O. The van der Waals surface area contributed by atoms with E-state index in [-0.39, 0.29) is 19.4 Å². The van der Waals surface area contributed by atoms with Gasteiger partial charge in [-0.1, -0.05) is 184 Å². The Morgan fingerprint density at radius 2 is 1.17 bits per heavy atom. The molecule has 1 amide bonds. The van der Waals surface area contributed by atoms with Crippen LogP contribution in [0.1, 0.15) is 194 Å². The Kier molecular flexibility index (Phi) is 37.8. The summed E-state index contributed by atoms with van der Waals surface area (Å²) in [5, 5.41) is 56.4. The van der Waals surface area contributed by atoms with E-state index < -0.39 is 67.4 Å². The molecule has 1 rings (SSSR count). The van der Waals surface area contributed by atoms with Crippen LogP contribution in [0.4, 0.5) is 0 Å². The highest BCUT2D eigenvalue weighted by Gasteiger charge is 2.47. The van der Waals surface area contributed by atoms with Crippen LogP contribution in [0.15, 0.2) is 60.8 Å². The van der Waals surface area contributed by atoms with Crippen LogP contribution in [0.2, 0.25) is 0 Å². The number of ether oxygens (including phenoxy) is 3. The summed E-state index contributed by atoms with van der Waals surface area (Å²) in [5.41, 5.74) is 0. The summed E-state index contributed by atoms with van der Waals surface area (Å²) < 4.78 is 17.4. The summed E-state index contributed by atoms with van der Waals surface area (Å²) in [7, 11) is 0. The Morgan fingerprint density at radius 1 is 0.635 bits per heavy atom. The molecule has 11 nitrogen and oxygen atoms in total. The zero-order chi connectivity index (χ0) is 46.2. The minimum Gasteiger partial charge on any atom is -0.454 e. The molecule has 0 aromatic carbocycles. The molecule has 364 valence electrons. The van der Waals surface area contributed by atoms with Gasteiger partial charge in [0.25, 0.3) is 0 Å². The first kappa shape index (κ1) is 58.4. The van der Waals surface area contributed by atoms with Gasteiger partial charge in [0.15, 0.2) is 12.4 Å². The molecule has 1 heterocycles. The molecule has 6 N–H and O–H groups in total. The lowest BCUT2D eigenvalue weighted by Crippen LogP contribution is -2.61. The number of amides is 1. The third-order valence-corrected chi connectivity index (χ3v) is 11.5. The number of esters is 1. The van der Waals surface area contributed by atoms with Crippen LogP contribution < -0.4 is 5.32 Å². The van der Waals surface area contributed by atoms with E-state index in [0.29, 0.717) is 12.8 Å². The van der Waals surface area contributed by atoms with Gasteiger partial charge in [0.05, 0.1) is 25.4 Å². The highest BCUT2D eigenvalue weighted by atomic mass is 16.7. The predicted octanol–water partition coefficient (Wildman–Crippen LogP) is 9.93. The molecule has 0 aromatic heterocycles. The molecule has 0 aromatic rings. The lowest BCUT2D eigenvalue weighted by molar-refractivity contribution is -0.305. The summed E-state index contributed by atoms with van der Waals surface area (Å²) in [6, 6.07) is -1.03. The zero-order valence-electron chi connectivity index (χ0n) is 39.7. The van der Waals surface area contributed by atoms with E-state index in [4.69, 9.17) is 14.2 Å². The summed E-state index contributed by atoms with van der Waals surface area (Å²) in [5.74, 6) is -1.23. The first-order chi connectivity index (χ1) is 30.7. The number of hydrogen-bond acceptors (Lipinski definition) is 10. The van der Waals surface area contributed by atoms with E-state index in [0.717, 1.165) is 89.9 Å². The minimum absolute atomic E-state index is 0.0978. The summed E-state index contributed by atoms with van der Waals surface area (Å²) in [6.07, 6.45) is 37.1. The Hall–Kier alpha value is -2.64. The molecule has 0 spiro atoms. The van der Waals surface area contributed by atoms with Gasteiger partial charge in [0.2, 0.25) is 5.91 Å². The van der Waals surface area contributed by atoms with E-state index in [1.165, 1.54) is 57.8 Å². The molecule has 1 aliphatic heterocycles. The zero-order valence-corrected chi connectivity index (χ0v) is 39.7. The van der Waals surface area contributed by atoms with Gasteiger partial charge in [-0.2, -0.15) is 0 Å². The number of rotatable bonds is 40. The number of allylic oxidation sites excluding steroid dienone is 9. The molecule has 0 aliphatic carbocycles. The van der Waals surface area contributed by atoms with Crippen molar-refractivity contribution in [2.24, 2.45) is 0 Å². The van der Waals surface area contributed by atoms with E-state index in [9.17, 15) is 35.1 Å². The predicted molar refractivity (Wildman–Crippen MR) is 255 cm³/mol. The van der Waals surface area contributed by atoms with Gasteiger partial charge in [-0.15, -0.1) is 0 Å². The van der Waals surface area contributed by atoms with Crippen molar-refractivity contribution >= 4 is 11.9 Å². The van der Waals surface area contributed by atoms with Crippen molar-refractivity contribution in [2.45, 2.75) is 243 Å². The molecule has 0 radical (unpaired) electrons. The molecule has 8 atom stereocenters. The summed E-state index contributed by atoms with van der Waals surface area (Å²) in [6.45, 7) is 5.53. The summed E-state index contributed by atoms with van der Waals surface area (Å²) in [4.78, 5) is 26.2. The van der Waals surface area contributed by atoms with Crippen LogP contribution >= 0.6 is 0 Å². The number of carbonyl (C=O) groups excluding carboxylic acids is 2. The smallest absolute Gasteiger partial charge is 0.306 e. The van der Waals surface area contributed by atoms with Crippen molar-refractivity contribution in [3.8, 4) is 0 Å². The maximum absolute atomic E-state index is 13.3. The van der Waals surface area contributed by atoms with Gasteiger partial charge in [0, 0.05) is 6.42 Å². The van der Waals surface area contributed by atoms with Gasteiger partial charge in [-0.3, -0.25) is 9.59 Å². The van der Waals surface area contributed by atoms with Crippen molar-refractivity contribution in [1.29, 1.82) is 0 Å². The Labute approximate surface area is 382 Å².